The van der Waals surface area contributed by atoms with E-state index < -0.39 is 0 Å². The largest absolute Gasteiger partial charge is 0.370 e. The normalized spacial score (nSPS) is 12.4. The van der Waals surface area contributed by atoms with Crippen LogP contribution >= 0.6 is 11.3 Å². The van der Waals surface area contributed by atoms with Crippen LogP contribution in [0.5, 0.6) is 0 Å². The SMILES string of the molecule is C[C@H](N)c1c(F)cccc1N(C)Cc1ccsc1. The lowest BCUT2D eigenvalue weighted by atomic mass is 10.0. The van der Waals surface area contributed by atoms with Gasteiger partial charge in [-0.2, -0.15) is 11.3 Å². The first-order valence-electron chi connectivity index (χ1n) is 5.86. The summed E-state index contributed by atoms with van der Waals surface area (Å²) in [4.78, 5) is 2.03. The van der Waals surface area contributed by atoms with Gasteiger partial charge in [-0.25, -0.2) is 4.39 Å². The smallest absolute Gasteiger partial charge is 0.130 e. The van der Waals surface area contributed by atoms with Crippen LogP contribution in [0.1, 0.15) is 24.1 Å². The summed E-state index contributed by atoms with van der Waals surface area (Å²) < 4.78 is 13.8. The van der Waals surface area contributed by atoms with E-state index in [0.717, 1.165) is 12.2 Å². The molecule has 1 aromatic heterocycles. The molecule has 0 spiro atoms. The summed E-state index contributed by atoms with van der Waals surface area (Å²) in [7, 11) is 1.96. The van der Waals surface area contributed by atoms with Crippen LogP contribution in [0.15, 0.2) is 35.0 Å². The Morgan fingerprint density at radius 2 is 2.17 bits per heavy atom. The molecule has 1 atom stereocenters. The Bertz CT molecular complexity index is 509. The molecule has 4 heteroatoms. The van der Waals surface area contributed by atoms with Crippen LogP contribution in [0.2, 0.25) is 0 Å². The van der Waals surface area contributed by atoms with Gasteiger partial charge in [-0.3, -0.25) is 0 Å². The van der Waals surface area contributed by atoms with E-state index in [9.17, 15) is 4.39 Å². The molecule has 18 heavy (non-hydrogen) atoms. The molecule has 96 valence electrons. The lowest BCUT2D eigenvalue weighted by Gasteiger charge is -2.24. The molecule has 2 aromatic rings. The summed E-state index contributed by atoms with van der Waals surface area (Å²) in [6, 6.07) is 6.85. The van der Waals surface area contributed by atoms with Crippen LogP contribution in [-0.4, -0.2) is 7.05 Å². The molecule has 0 aliphatic carbocycles. The van der Waals surface area contributed by atoms with E-state index in [1.54, 1.807) is 24.3 Å². The van der Waals surface area contributed by atoms with E-state index in [1.165, 1.54) is 11.6 Å². The number of thiophene rings is 1. The Labute approximate surface area is 111 Å². The van der Waals surface area contributed by atoms with Crippen molar-refractivity contribution < 1.29 is 4.39 Å². The number of nitrogens with two attached hydrogens (primary N) is 1. The maximum Gasteiger partial charge on any atom is 0.130 e. The molecule has 0 radical (unpaired) electrons. The van der Waals surface area contributed by atoms with E-state index >= 15 is 0 Å². The minimum absolute atomic E-state index is 0.236. The first kappa shape index (κ1) is 13.1. The van der Waals surface area contributed by atoms with Gasteiger partial charge in [-0.15, -0.1) is 0 Å². The average Bonchev–Trinajstić information content (AvgIpc) is 2.80. The molecular weight excluding hydrogens is 247 g/mol. The molecule has 2 N–H and O–H groups in total. The second kappa shape index (κ2) is 5.50. The number of anilines is 1. The summed E-state index contributed by atoms with van der Waals surface area (Å²) in [5, 5.41) is 4.14. The van der Waals surface area contributed by atoms with Gasteiger partial charge in [0.15, 0.2) is 0 Å². The fourth-order valence-electron chi connectivity index (χ4n) is 2.05. The van der Waals surface area contributed by atoms with Gasteiger partial charge >= 0.3 is 0 Å². The van der Waals surface area contributed by atoms with Crippen molar-refractivity contribution in [3.05, 3.63) is 52.0 Å². The molecule has 0 bridgehead atoms. The first-order valence-corrected chi connectivity index (χ1v) is 6.80. The Hall–Kier alpha value is -1.39. The number of hydrogen-bond donors (Lipinski definition) is 1. The van der Waals surface area contributed by atoms with Crippen LogP contribution < -0.4 is 10.6 Å². The van der Waals surface area contributed by atoms with Gasteiger partial charge in [0.2, 0.25) is 0 Å². The highest BCUT2D eigenvalue weighted by atomic mass is 32.1. The van der Waals surface area contributed by atoms with Gasteiger partial charge in [-0.05, 0) is 41.4 Å². The topological polar surface area (TPSA) is 29.3 Å². The highest BCUT2D eigenvalue weighted by Crippen LogP contribution is 2.28. The van der Waals surface area contributed by atoms with Gasteiger partial charge in [0.25, 0.3) is 0 Å². The molecular formula is C14H17FN2S. The maximum absolute atomic E-state index is 13.8. The van der Waals surface area contributed by atoms with Gasteiger partial charge in [-0.1, -0.05) is 6.07 Å². The molecule has 0 amide bonds. The molecule has 1 aromatic carbocycles. The summed E-state index contributed by atoms with van der Waals surface area (Å²) in [5.74, 6) is -0.236. The molecule has 0 saturated heterocycles. The Kier molecular flexibility index (Phi) is 3.99. The standard InChI is InChI=1S/C14H17FN2S/c1-10(16)14-12(15)4-3-5-13(14)17(2)8-11-6-7-18-9-11/h3-7,9-10H,8,16H2,1-2H3/t10-/m0/s1. The number of rotatable bonds is 4. The lowest BCUT2D eigenvalue weighted by Crippen LogP contribution is -2.20. The van der Waals surface area contributed by atoms with Gasteiger partial charge in [0.05, 0.1) is 0 Å². The van der Waals surface area contributed by atoms with Crippen molar-refractivity contribution in [3.63, 3.8) is 0 Å². The average molecular weight is 264 g/mol. The molecule has 0 aliphatic heterocycles. The quantitative estimate of drug-likeness (QED) is 0.915. The van der Waals surface area contributed by atoms with Crippen molar-refractivity contribution in [3.8, 4) is 0 Å². The Morgan fingerprint density at radius 3 is 2.78 bits per heavy atom. The van der Waals surface area contributed by atoms with Crippen molar-refractivity contribution in [2.24, 2.45) is 5.73 Å². The Morgan fingerprint density at radius 1 is 1.39 bits per heavy atom. The second-order valence-electron chi connectivity index (χ2n) is 4.45. The van der Waals surface area contributed by atoms with E-state index in [1.807, 2.05) is 23.4 Å². The van der Waals surface area contributed by atoms with Crippen LogP contribution in [0.4, 0.5) is 10.1 Å². The number of halogens is 1. The lowest BCUT2D eigenvalue weighted by molar-refractivity contribution is 0.592. The molecule has 1 heterocycles. The molecule has 0 unspecified atom stereocenters. The molecule has 0 saturated carbocycles. The zero-order valence-electron chi connectivity index (χ0n) is 10.6. The van der Waals surface area contributed by atoms with Crippen molar-refractivity contribution in [1.29, 1.82) is 0 Å². The monoisotopic (exact) mass is 264 g/mol. The van der Waals surface area contributed by atoms with E-state index in [-0.39, 0.29) is 11.9 Å². The van der Waals surface area contributed by atoms with Gasteiger partial charge in [0.1, 0.15) is 5.82 Å². The van der Waals surface area contributed by atoms with Crippen LogP contribution in [0.25, 0.3) is 0 Å². The number of nitrogens with zero attached hydrogens (tertiary/aromatic N) is 1. The highest BCUT2D eigenvalue weighted by Gasteiger charge is 2.15. The summed E-state index contributed by atoms with van der Waals surface area (Å²) in [6.07, 6.45) is 0. The first-order chi connectivity index (χ1) is 8.59. The number of hydrogen-bond acceptors (Lipinski definition) is 3. The zero-order chi connectivity index (χ0) is 13.1. The number of benzene rings is 1. The van der Waals surface area contributed by atoms with Gasteiger partial charge in [0, 0.05) is 30.9 Å². The van der Waals surface area contributed by atoms with Crippen molar-refractivity contribution in [2.45, 2.75) is 19.5 Å². The fraction of sp³-hybridized carbons (Fsp3) is 0.286. The third-order valence-corrected chi connectivity index (χ3v) is 3.63. The maximum atomic E-state index is 13.8. The molecule has 2 rings (SSSR count). The molecule has 0 fully saturated rings. The predicted octanol–water partition coefficient (Wildman–Crippen LogP) is 3.54. The minimum atomic E-state index is -0.314. The summed E-state index contributed by atoms with van der Waals surface area (Å²) in [5.41, 5.74) is 8.52. The van der Waals surface area contributed by atoms with Gasteiger partial charge < -0.3 is 10.6 Å². The van der Waals surface area contributed by atoms with Crippen LogP contribution in [0, 0.1) is 5.82 Å². The summed E-state index contributed by atoms with van der Waals surface area (Å²) in [6.45, 7) is 2.56. The molecule has 0 aliphatic rings. The van der Waals surface area contributed by atoms with Crippen molar-refractivity contribution >= 4 is 17.0 Å². The summed E-state index contributed by atoms with van der Waals surface area (Å²) >= 11 is 1.66. The zero-order valence-corrected chi connectivity index (χ0v) is 11.4. The second-order valence-corrected chi connectivity index (χ2v) is 5.23. The third-order valence-electron chi connectivity index (χ3n) is 2.90. The van der Waals surface area contributed by atoms with E-state index in [4.69, 9.17) is 5.73 Å². The van der Waals surface area contributed by atoms with Crippen LogP contribution in [0.3, 0.4) is 0 Å². The van der Waals surface area contributed by atoms with Crippen molar-refractivity contribution in [1.82, 2.24) is 0 Å². The van der Waals surface area contributed by atoms with Crippen molar-refractivity contribution in [2.75, 3.05) is 11.9 Å². The van der Waals surface area contributed by atoms with E-state index in [2.05, 4.69) is 11.4 Å². The highest BCUT2D eigenvalue weighted by molar-refractivity contribution is 7.07. The van der Waals surface area contributed by atoms with Crippen LogP contribution in [-0.2, 0) is 6.54 Å². The predicted molar refractivity (Wildman–Crippen MR) is 75.4 cm³/mol. The minimum Gasteiger partial charge on any atom is -0.370 e. The Balaban J connectivity index is 2.29. The third kappa shape index (κ3) is 2.71. The molecule has 2 nitrogen and oxygen atoms in total. The van der Waals surface area contributed by atoms with E-state index in [0.29, 0.717) is 5.56 Å². The fourth-order valence-corrected chi connectivity index (χ4v) is 2.71.